The van der Waals surface area contributed by atoms with E-state index in [0.29, 0.717) is 6.54 Å². The standard InChI is InChI=1S/C11H18N4O/c1-11(2)8-15(3-4-16-11)10-7-13-6-9(5-12)14-10/h6-7H,3-5,8,12H2,1-2H3. The minimum Gasteiger partial charge on any atom is -0.372 e. The number of anilines is 1. The Labute approximate surface area is 95.6 Å². The molecule has 1 aliphatic rings. The largest absolute Gasteiger partial charge is 0.372 e. The van der Waals surface area contributed by atoms with Gasteiger partial charge in [-0.3, -0.25) is 4.98 Å². The molecule has 0 bridgehead atoms. The Morgan fingerprint density at radius 2 is 2.31 bits per heavy atom. The van der Waals surface area contributed by atoms with E-state index in [-0.39, 0.29) is 5.60 Å². The lowest BCUT2D eigenvalue weighted by Crippen LogP contribution is -2.48. The van der Waals surface area contributed by atoms with Gasteiger partial charge < -0.3 is 15.4 Å². The zero-order valence-corrected chi connectivity index (χ0v) is 9.81. The fourth-order valence-corrected chi connectivity index (χ4v) is 1.86. The van der Waals surface area contributed by atoms with E-state index in [1.54, 1.807) is 12.4 Å². The predicted octanol–water partition coefficient (Wildman–Crippen LogP) is 0.550. The molecule has 1 fully saturated rings. The van der Waals surface area contributed by atoms with Gasteiger partial charge in [-0.15, -0.1) is 0 Å². The van der Waals surface area contributed by atoms with E-state index in [1.165, 1.54) is 0 Å². The van der Waals surface area contributed by atoms with Gasteiger partial charge in [-0.25, -0.2) is 4.98 Å². The van der Waals surface area contributed by atoms with Crippen molar-refractivity contribution in [1.29, 1.82) is 0 Å². The van der Waals surface area contributed by atoms with Crippen LogP contribution >= 0.6 is 0 Å². The molecule has 2 rings (SSSR count). The highest BCUT2D eigenvalue weighted by Crippen LogP contribution is 2.20. The fourth-order valence-electron chi connectivity index (χ4n) is 1.86. The first-order valence-corrected chi connectivity index (χ1v) is 5.51. The molecule has 0 saturated carbocycles. The van der Waals surface area contributed by atoms with Crippen LogP contribution in [0.25, 0.3) is 0 Å². The third-order valence-electron chi connectivity index (χ3n) is 2.63. The Kier molecular flexibility index (Phi) is 3.07. The van der Waals surface area contributed by atoms with Gasteiger partial charge in [0.2, 0.25) is 0 Å². The molecule has 0 aromatic carbocycles. The number of ether oxygens (including phenoxy) is 1. The molecule has 0 spiro atoms. The van der Waals surface area contributed by atoms with Crippen molar-refractivity contribution < 1.29 is 4.74 Å². The number of rotatable bonds is 2. The van der Waals surface area contributed by atoms with E-state index >= 15 is 0 Å². The van der Waals surface area contributed by atoms with Crippen molar-refractivity contribution in [3.05, 3.63) is 18.1 Å². The second-order valence-electron chi connectivity index (χ2n) is 4.60. The summed E-state index contributed by atoms with van der Waals surface area (Å²) >= 11 is 0. The van der Waals surface area contributed by atoms with Crippen molar-refractivity contribution in [1.82, 2.24) is 9.97 Å². The highest BCUT2D eigenvalue weighted by Gasteiger charge is 2.27. The van der Waals surface area contributed by atoms with Crippen LogP contribution in [-0.2, 0) is 11.3 Å². The van der Waals surface area contributed by atoms with Crippen LogP contribution in [0.2, 0.25) is 0 Å². The smallest absolute Gasteiger partial charge is 0.147 e. The highest BCUT2D eigenvalue weighted by molar-refractivity contribution is 5.37. The summed E-state index contributed by atoms with van der Waals surface area (Å²) in [5.41, 5.74) is 6.25. The lowest BCUT2D eigenvalue weighted by Gasteiger charge is -2.38. The van der Waals surface area contributed by atoms with Gasteiger partial charge >= 0.3 is 0 Å². The average Bonchev–Trinajstić information content (AvgIpc) is 2.28. The van der Waals surface area contributed by atoms with Crippen LogP contribution in [-0.4, -0.2) is 35.3 Å². The number of hydrogen-bond acceptors (Lipinski definition) is 5. The molecule has 2 heterocycles. The van der Waals surface area contributed by atoms with E-state index < -0.39 is 0 Å². The molecule has 5 heteroatoms. The van der Waals surface area contributed by atoms with Crippen molar-refractivity contribution in [3.8, 4) is 0 Å². The number of nitrogens with two attached hydrogens (primary N) is 1. The predicted molar refractivity (Wildman–Crippen MR) is 62.2 cm³/mol. The molecule has 1 aromatic heterocycles. The van der Waals surface area contributed by atoms with E-state index in [4.69, 9.17) is 10.5 Å². The summed E-state index contributed by atoms with van der Waals surface area (Å²) in [6.45, 7) is 7.00. The first-order valence-electron chi connectivity index (χ1n) is 5.51. The lowest BCUT2D eigenvalue weighted by molar-refractivity contribution is -0.0279. The molecule has 1 saturated heterocycles. The fraction of sp³-hybridized carbons (Fsp3) is 0.636. The molecular weight excluding hydrogens is 204 g/mol. The first kappa shape index (κ1) is 11.3. The van der Waals surface area contributed by atoms with Crippen molar-refractivity contribution in [2.75, 3.05) is 24.6 Å². The molecule has 0 amide bonds. The van der Waals surface area contributed by atoms with Crippen LogP contribution < -0.4 is 10.6 Å². The summed E-state index contributed by atoms with van der Waals surface area (Å²) in [5, 5.41) is 0. The zero-order chi connectivity index (χ0) is 11.6. The monoisotopic (exact) mass is 222 g/mol. The van der Waals surface area contributed by atoms with Gasteiger partial charge in [0.15, 0.2) is 0 Å². The summed E-state index contributed by atoms with van der Waals surface area (Å²) in [4.78, 5) is 10.8. The van der Waals surface area contributed by atoms with E-state index in [1.807, 2.05) is 0 Å². The quantitative estimate of drug-likeness (QED) is 0.791. The summed E-state index contributed by atoms with van der Waals surface area (Å²) in [6.07, 6.45) is 3.48. The highest BCUT2D eigenvalue weighted by atomic mass is 16.5. The minimum absolute atomic E-state index is 0.126. The van der Waals surface area contributed by atoms with Gasteiger partial charge in [-0.1, -0.05) is 0 Å². The third kappa shape index (κ3) is 2.48. The molecule has 1 aromatic rings. The van der Waals surface area contributed by atoms with Crippen molar-refractivity contribution in [2.45, 2.75) is 26.0 Å². The number of nitrogens with zero attached hydrogens (tertiary/aromatic N) is 3. The second-order valence-corrected chi connectivity index (χ2v) is 4.60. The van der Waals surface area contributed by atoms with Crippen LogP contribution in [0.15, 0.2) is 12.4 Å². The Hall–Kier alpha value is -1.20. The number of morpholine rings is 1. The lowest BCUT2D eigenvalue weighted by atomic mass is 10.1. The van der Waals surface area contributed by atoms with Gasteiger partial charge in [0.05, 0.1) is 24.1 Å². The van der Waals surface area contributed by atoms with E-state index in [0.717, 1.165) is 31.2 Å². The number of hydrogen-bond donors (Lipinski definition) is 1. The molecule has 0 atom stereocenters. The third-order valence-corrected chi connectivity index (χ3v) is 2.63. The van der Waals surface area contributed by atoms with Gasteiger partial charge in [0, 0.05) is 25.8 Å². The Balaban J connectivity index is 2.16. The molecular formula is C11H18N4O. The summed E-state index contributed by atoms with van der Waals surface area (Å²) < 4.78 is 5.66. The van der Waals surface area contributed by atoms with Crippen LogP contribution in [0.5, 0.6) is 0 Å². The minimum atomic E-state index is -0.126. The maximum absolute atomic E-state index is 5.66. The number of aromatic nitrogens is 2. The normalized spacial score (nSPS) is 19.8. The van der Waals surface area contributed by atoms with Crippen molar-refractivity contribution in [2.24, 2.45) is 5.73 Å². The Bertz CT molecular complexity index is 367. The molecule has 0 radical (unpaired) electrons. The Morgan fingerprint density at radius 1 is 1.50 bits per heavy atom. The molecule has 1 aliphatic heterocycles. The van der Waals surface area contributed by atoms with Gasteiger partial charge in [0.25, 0.3) is 0 Å². The van der Waals surface area contributed by atoms with Gasteiger partial charge in [0.1, 0.15) is 5.82 Å². The van der Waals surface area contributed by atoms with Crippen molar-refractivity contribution >= 4 is 5.82 Å². The van der Waals surface area contributed by atoms with Gasteiger partial charge in [-0.05, 0) is 13.8 Å². The molecule has 5 nitrogen and oxygen atoms in total. The zero-order valence-electron chi connectivity index (χ0n) is 9.81. The molecule has 0 aliphatic carbocycles. The molecule has 88 valence electrons. The van der Waals surface area contributed by atoms with Crippen LogP contribution in [0.1, 0.15) is 19.5 Å². The average molecular weight is 222 g/mol. The van der Waals surface area contributed by atoms with E-state index in [2.05, 4.69) is 28.7 Å². The summed E-state index contributed by atoms with van der Waals surface area (Å²) in [7, 11) is 0. The second kappa shape index (κ2) is 4.35. The van der Waals surface area contributed by atoms with Crippen LogP contribution in [0.3, 0.4) is 0 Å². The first-order chi connectivity index (χ1) is 7.61. The maximum atomic E-state index is 5.66. The summed E-state index contributed by atoms with van der Waals surface area (Å²) in [5.74, 6) is 0.888. The van der Waals surface area contributed by atoms with Gasteiger partial charge in [-0.2, -0.15) is 0 Å². The SMILES string of the molecule is CC1(C)CN(c2cncc(CN)n2)CCO1. The molecule has 0 unspecified atom stereocenters. The van der Waals surface area contributed by atoms with Crippen LogP contribution in [0, 0.1) is 0 Å². The van der Waals surface area contributed by atoms with Crippen LogP contribution in [0.4, 0.5) is 5.82 Å². The molecule has 2 N–H and O–H groups in total. The van der Waals surface area contributed by atoms with E-state index in [9.17, 15) is 0 Å². The van der Waals surface area contributed by atoms with Crippen molar-refractivity contribution in [3.63, 3.8) is 0 Å². The maximum Gasteiger partial charge on any atom is 0.147 e. The summed E-state index contributed by atoms with van der Waals surface area (Å²) in [6, 6.07) is 0. The Morgan fingerprint density at radius 3 is 3.00 bits per heavy atom. The topological polar surface area (TPSA) is 64.3 Å². The molecule has 16 heavy (non-hydrogen) atoms.